The highest BCUT2D eigenvalue weighted by Crippen LogP contribution is 2.48. The van der Waals surface area contributed by atoms with Crippen molar-refractivity contribution < 1.29 is 9.53 Å². The van der Waals surface area contributed by atoms with Gasteiger partial charge < -0.3 is 15.0 Å². The zero-order chi connectivity index (χ0) is 20.8. The molecule has 0 unspecified atom stereocenters. The number of fused-ring (bicyclic) bond motifs is 1. The molecule has 1 spiro atoms. The molecular formula is C25H36N2O2. The first-order valence-electron chi connectivity index (χ1n) is 11.2. The number of amides is 1. The molecule has 5 atom stereocenters. The van der Waals surface area contributed by atoms with Gasteiger partial charge in [0.15, 0.2) is 0 Å². The number of ether oxygens (including phenoxy) is 1. The number of nitrogens with zero attached hydrogens (tertiary/aromatic N) is 1. The topological polar surface area (TPSA) is 41.6 Å². The van der Waals surface area contributed by atoms with E-state index in [1.54, 1.807) is 0 Å². The van der Waals surface area contributed by atoms with Crippen molar-refractivity contribution >= 4 is 6.09 Å². The van der Waals surface area contributed by atoms with E-state index in [-0.39, 0.29) is 23.7 Å². The molecule has 4 nitrogen and oxygen atoms in total. The second kappa shape index (κ2) is 7.46. The Labute approximate surface area is 175 Å². The summed E-state index contributed by atoms with van der Waals surface area (Å²) in [6, 6.07) is 10.8. The molecule has 1 saturated carbocycles. The van der Waals surface area contributed by atoms with Crippen LogP contribution in [0.1, 0.15) is 65.5 Å². The van der Waals surface area contributed by atoms with Gasteiger partial charge >= 0.3 is 6.09 Å². The Morgan fingerprint density at radius 1 is 1.17 bits per heavy atom. The third kappa shape index (κ3) is 3.96. The van der Waals surface area contributed by atoms with Gasteiger partial charge in [-0.15, -0.1) is 0 Å². The molecule has 0 radical (unpaired) electrons. The molecule has 2 fully saturated rings. The molecule has 29 heavy (non-hydrogen) atoms. The van der Waals surface area contributed by atoms with E-state index in [2.05, 4.69) is 66.5 Å². The van der Waals surface area contributed by atoms with Crippen LogP contribution in [0.25, 0.3) is 0 Å². The molecule has 1 N–H and O–H groups in total. The Balaban J connectivity index is 1.75. The zero-order valence-corrected chi connectivity index (χ0v) is 18.5. The van der Waals surface area contributed by atoms with Gasteiger partial charge in [0.05, 0.1) is 12.1 Å². The summed E-state index contributed by atoms with van der Waals surface area (Å²) < 4.78 is 5.90. The number of benzene rings is 1. The van der Waals surface area contributed by atoms with E-state index in [0.29, 0.717) is 17.8 Å². The second-order valence-corrected chi connectivity index (χ2v) is 10.6. The summed E-state index contributed by atoms with van der Waals surface area (Å²) in [7, 11) is 0. The van der Waals surface area contributed by atoms with Gasteiger partial charge in [0, 0.05) is 12.1 Å². The highest BCUT2D eigenvalue weighted by molar-refractivity contribution is 5.69. The largest absolute Gasteiger partial charge is 0.444 e. The maximum Gasteiger partial charge on any atom is 0.410 e. The van der Waals surface area contributed by atoms with Gasteiger partial charge in [0.25, 0.3) is 0 Å². The van der Waals surface area contributed by atoms with Crippen LogP contribution in [0.4, 0.5) is 4.79 Å². The fourth-order valence-corrected chi connectivity index (χ4v) is 5.70. The lowest BCUT2D eigenvalue weighted by Crippen LogP contribution is -2.71. The van der Waals surface area contributed by atoms with Crippen molar-refractivity contribution in [2.24, 2.45) is 17.8 Å². The highest BCUT2D eigenvalue weighted by atomic mass is 16.6. The zero-order valence-electron chi connectivity index (χ0n) is 18.5. The molecule has 1 amide bonds. The normalized spacial score (nSPS) is 34.1. The van der Waals surface area contributed by atoms with Gasteiger partial charge in [-0.2, -0.15) is 0 Å². The summed E-state index contributed by atoms with van der Waals surface area (Å²) in [5.41, 5.74) is 0.689. The average Bonchev–Trinajstić information content (AvgIpc) is 2.67. The van der Waals surface area contributed by atoms with Gasteiger partial charge in [-0.05, 0) is 63.4 Å². The summed E-state index contributed by atoms with van der Waals surface area (Å²) in [6.07, 6.45) is 8.18. The van der Waals surface area contributed by atoms with Gasteiger partial charge in [-0.25, -0.2) is 4.79 Å². The van der Waals surface area contributed by atoms with Crippen molar-refractivity contribution in [3.05, 3.63) is 48.0 Å². The monoisotopic (exact) mass is 396 g/mol. The third-order valence-corrected chi connectivity index (χ3v) is 6.87. The SMILES string of the molecule is CC(C)[C@H]1[C@@H](c2ccccc2)N[C@@]2(C[C@H]3C=C[C@@H]2CC3)CN1C(=O)OC(C)(C)C. The Hall–Kier alpha value is -1.81. The number of rotatable bonds is 2. The Kier molecular flexibility index (Phi) is 5.27. The van der Waals surface area contributed by atoms with Gasteiger partial charge in [-0.1, -0.05) is 56.3 Å². The van der Waals surface area contributed by atoms with E-state index >= 15 is 0 Å². The predicted molar refractivity (Wildman–Crippen MR) is 117 cm³/mol. The minimum absolute atomic E-state index is 0.0577. The predicted octanol–water partition coefficient (Wildman–Crippen LogP) is 5.32. The van der Waals surface area contributed by atoms with Gasteiger partial charge in [-0.3, -0.25) is 0 Å². The van der Waals surface area contributed by atoms with E-state index in [1.165, 1.54) is 18.4 Å². The van der Waals surface area contributed by atoms with Crippen molar-refractivity contribution in [2.75, 3.05) is 6.54 Å². The molecule has 3 aliphatic carbocycles. The molecule has 2 bridgehead atoms. The van der Waals surface area contributed by atoms with Crippen LogP contribution in [0.2, 0.25) is 0 Å². The van der Waals surface area contributed by atoms with E-state index < -0.39 is 5.60 Å². The maximum atomic E-state index is 13.4. The summed E-state index contributed by atoms with van der Waals surface area (Å²) >= 11 is 0. The van der Waals surface area contributed by atoms with Crippen LogP contribution in [-0.4, -0.2) is 34.7 Å². The van der Waals surface area contributed by atoms with Crippen LogP contribution in [0, 0.1) is 17.8 Å². The first-order chi connectivity index (χ1) is 13.7. The Morgan fingerprint density at radius 2 is 1.90 bits per heavy atom. The number of hydrogen-bond donors (Lipinski definition) is 1. The summed E-state index contributed by atoms with van der Waals surface area (Å²) in [5, 5.41) is 4.09. The summed E-state index contributed by atoms with van der Waals surface area (Å²) in [6.45, 7) is 11.0. The fraction of sp³-hybridized carbons (Fsp3) is 0.640. The van der Waals surface area contributed by atoms with Gasteiger partial charge in [0.1, 0.15) is 5.60 Å². The van der Waals surface area contributed by atoms with Crippen LogP contribution in [0.5, 0.6) is 0 Å². The molecule has 1 heterocycles. The minimum atomic E-state index is -0.496. The molecule has 4 aliphatic rings. The van der Waals surface area contributed by atoms with E-state index in [1.807, 2.05) is 20.8 Å². The smallest absolute Gasteiger partial charge is 0.410 e. The van der Waals surface area contributed by atoms with Crippen molar-refractivity contribution in [3.63, 3.8) is 0 Å². The Bertz CT molecular complexity index is 767. The molecule has 4 heteroatoms. The summed E-state index contributed by atoms with van der Waals surface area (Å²) in [5.74, 6) is 1.39. The number of nitrogens with one attached hydrogen (secondary N) is 1. The van der Waals surface area contributed by atoms with Crippen molar-refractivity contribution in [1.82, 2.24) is 10.2 Å². The van der Waals surface area contributed by atoms with E-state index in [0.717, 1.165) is 13.0 Å². The van der Waals surface area contributed by atoms with E-state index in [9.17, 15) is 4.79 Å². The lowest BCUT2D eigenvalue weighted by molar-refractivity contribution is -0.0444. The molecule has 158 valence electrons. The number of carbonyl (C=O) groups excluding carboxylic acids is 1. The molecule has 1 aromatic rings. The highest BCUT2D eigenvalue weighted by Gasteiger charge is 2.54. The fourth-order valence-electron chi connectivity index (χ4n) is 5.70. The number of hydrogen-bond acceptors (Lipinski definition) is 3. The van der Waals surface area contributed by atoms with Crippen LogP contribution in [0.3, 0.4) is 0 Å². The van der Waals surface area contributed by atoms with Crippen molar-refractivity contribution in [2.45, 2.75) is 77.1 Å². The first-order valence-corrected chi connectivity index (χ1v) is 11.2. The van der Waals surface area contributed by atoms with Crippen molar-refractivity contribution in [3.8, 4) is 0 Å². The number of allylic oxidation sites excluding steroid dienone is 1. The molecular weight excluding hydrogens is 360 g/mol. The van der Waals surface area contributed by atoms with Crippen LogP contribution >= 0.6 is 0 Å². The lowest BCUT2D eigenvalue weighted by Gasteiger charge is -2.59. The summed E-state index contributed by atoms with van der Waals surface area (Å²) in [4.78, 5) is 15.4. The molecule has 5 rings (SSSR count). The molecule has 0 aromatic heterocycles. The van der Waals surface area contributed by atoms with Crippen LogP contribution in [0.15, 0.2) is 42.5 Å². The van der Waals surface area contributed by atoms with Crippen LogP contribution < -0.4 is 5.32 Å². The van der Waals surface area contributed by atoms with Gasteiger partial charge in [0.2, 0.25) is 0 Å². The average molecular weight is 397 g/mol. The second-order valence-electron chi connectivity index (χ2n) is 10.6. The Morgan fingerprint density at radius 3 is 2.41 bits per heavy atom. The molecule has 1 aromatic carbocycles. The molecule has 1 aliphatic heterocycles. The first kappa shape index (κ1) is 20.5. The van der Waals surface area contributed by atoms with Crippen LogP contribution in [-0.2, 0) is 4.74 Å². The molecule has 1 saturated heterocycles. The quantitative estimate of drug-likeness (QED) is 0.688. The van der Waals surface area contributed by atoms with Crippen molar-refractivity contribution in [1.29, 1.82) is 0 Å². The maximum absolute atomic E-state index is 13.4. The third-order valence-electron chi connectivity index (χ3n) is 6.87. The number of carbonyl (C=O) groups is 1. The minimum Gasteiger partial charge on any atom is -0.444 e. The lowest BCUT2D eigenvalue weighted by atomic mass is 9.62. The standard InChI is InChI=1S/C25H36N2O2/c1-17(2)22-21(19-9-7-6-8-10-19)26-25(15-18-11-13-20(25)14-12-18)16-27(22)23(28)29-24(3,4)5/h6-11,13,17-18,20-22,26H,12,14-16H2,1-5H3/t18-,20+,21+,22-,25-/m0/s1. The number of piperazine rings is 1. The van der Waals surface area contributed by atoms with E-state index in [4.69, 9.17) is 4.74 Å².